The molecule has 0 aliphatic rings. The number of hydrogen-bond donors (Lipinski definition) is 1. The Labute approximate surface area is 149 Å². The van der Waals surface area contributed by atoms with Gasteiger partial charge in [-0.05, 0) is 46.3 Å². The van der Waals surface area contributed by atoms with Crippen LogP contribution in [0.1, 0.15) is 10.4 Å². The molecule has 3 aromatic rings. The fraction of sp³-hybridized carbons (Fsp3) is 0.125. The SMILES string of the molecule is Cn1c(=O)n(C)c2cc(NC(=O)c3cccc(Br)c3)c(Br)cc21. The van der Waals surface area contributed by atoms with Crippen molar-refractivity contribution in [1.29, 1.82) is 0 Å². The van der Waals surface area contributed by atoms with Crippen molar-refractivity contribution in [2.24, 2.45) is 14.1 Å². The number of nitrogens with one attached hydrogen (secondary N) is 1. The highest BCUT2D eigenvalue weighted by Crippen LogP contribution is 2.28. The Balaban J connectivity index is 2.03. The van der Waals surface area contributed by atoms with E-state index in [1.807, 2.05) is 12.1 Å². The monoisotopic (exact) mass is 437 g/mol. The lowest BCUT2D eigenvalue weighted by molar-refractivity contribution is 0.102. The number of carbonyl (C=O) groups is 1. The average molecular weight is 439 g/mol. The maximum Gasteiger partial charge on any atom is 0.328 e. The first-order chi connectivity index (χ1) is 10.9. The van der Waals surface area contributed by atoms with E-state index < -0.39 is 0 Å². The molecule has 5 nitrogen and oxygen atoms in total. The van der Waals surface area contributed by atoms with Gasteiger partial charge in [0.1, 0.15) is 0 Å². The maximum atomic E-state index is 12.4. The highest BCUT2D eigenvalue weighted by Gasteiger charge is 2.14. The number of benzene rings is 2. The standard InChI is InChI=1S/C16H13Br2N3O2/c1-20-13-7-11(18)12(8-14(13)21(2)16(20)23)19-15(22)9-4-3-5-10(17)6-9/h3-8H,1-2H3,(H,19,22). The summed E-state index contributed by atoms with van der Waals surface area (Å²) in [5, 5.41) is 2.87. The third-order valence-corrected chi connectivity index (χ3v) is 4.85. The van der Waals surface area contributed by atoms with E-state index in [-0.39, 0.29) is 11.6 Å². The van der Waals surface area contributed by atoms with Crippen LogP contribution in [-0.4, -0.2) is 15.0 Å². The smallest absolute Gasteiger partial charge is 0.321 e. The van der Waals surface area contributed by atoms with Gasteiger partial charge >= 0.3 is 5.69 Å². The number of nitrogens with zero attached hydrogens (tertiary/aromatic N) is 2. The summed E-state index contributed by atoms with van der Waals surface area (Å²) in [7, 11) is 3.43. The largest absolute Gasteiger partial charge is 0.328 e. The molecule has 1 N–H and O–H groups in total. The number of imidazole rings is 1. The van der Waals surface area contributed by atoms with Crippen molar-refractivity contribution >= 4 is 54.5 Å². The highest BCUT2D eigenvalue weighted by molar-refractivity contribution is 9.10. The van der Waals surface area contributed by atoms with Crippen LogP contribution in [0.4, 0.5) is 5.69 Å². The van der Waals surface area contributed by atoms with Gasteiger partial charge in [0, 0.05) is 28.6 Å². The number of hydrogen-bond acceptors (Lipinski definition) is 2. The lowest BCUT2D eigenvalue weighted by Crippen LogP contribution is -2.19. The van der Waals surface area contributed by atoms with E-state index in [1.54, 1.807) is 47.5 Å². The van der Waals surface area contributed by atoms with E-state index >= 15 is 0 Å². The Kier molecular flexibility index (Phi) is 4.16. The lowest BCUT2D eigenvalue weighted by atomic mass is 10.2. The van der Waals surface area contributed by atoms with Gasteiger partial charge in [-0.3, -0.25) is 13.9 Å². The van der Waals surface area contributed by atoms with Crippen LogP contribution >= 0.6 is 31.9 Å². The van der Waals surface area contributed by atoms with Gasteiger partial charge < -0.3 is 5.32 Å². The average Bonchev–Trinajstić information content (AvgIpc) is 2.72. The van der Waals surface area contributed by atoms with Crippen molar-refractivity contribution in [2.75, 3.05) is 5.32 Å². The van der Waals surface area contributed by atoms with Crippen molar-refractivity contribution in [3.05, 3.63) is 61.4 Å². The number of halogens is 2. The molecule has 0 unspecified atom stereocenters. The number of carbonyl (C=O) groups excluding carboxylic acids is 1. The van der Waals surface area contributed by atoms with Crippen LogP contribution in [-0.2, 0) is 14.1 Å². The molecule has 0 aliphatic carbocycles. The lowest BCUT2D eigenvalue weighted by Gasteiger charge is -2.09. The second-order valence-electron chi connectivity index (χ2n) is 5.19. The van der Waals surface area contributed by atoms with Gasteiger partial charge in [0.2, 0.25) is 0 Å². The zero-order valence-electron chi connectivity index (χ0n) is 12.4. The number of aromatic nitrogens is 2. The molecule has 3 rings (SSSR count). The second-order valence-corrected chi connectivity index (χ2v) is 6.96. The molecule has 0 fully saturated rings. The van der Waals surface area contributed by atoms with E-state index in [0.717, 1.165) is 20.0 Å². The van der Waals surface area contributed by atoms with Crippen molar-refractivity contribution in [3.8, 4) is 0 Å². The van der Waals surface area contributed by atoms with Gasteiger partial charge in [-0.1, -0.05) is 22.0 Å². The molecule has 2 aromatic carbocycles. The summed E-state index contributed by atoms with van der Waals surface area (Å²) in [4.78, 5) is 24.4. The minimum Gasteiger partial charge on any atom is -0.321 e. The zero-order chi connectivity index (χ0) is 16.7. The first-order valence-electron chi connectivity index (χ1n) is 6.80. The normalized spacial score (nSPS) is 11.0. The Morgan fingerprint density at radius 1 is 1.04 bits per heavy atom. The summed E-state index contributed by atoms with van der Waals surface area (Å²) in [5.74, 6) is -0.215. The van der Waals surface area contributed by atoms with E-state index in [4.69, 9.17) is 0 Å². The third-order valence-electron chi connectivity index (χ3n) is 3.70. The Morgan fingerprint density at radius 3 is 2.35 bits per heavy atom. The van der Waals surface area contributed by atoms with Crippen LogP contribution < -0.4 is 11.0 Å². The molecule has 0 saturated carbocycles. The predicted octanol–water partition coefficient (Wildman–Crippen LogP) is 3.65. The number of aryl methyl sites for hydroxylation is 2. The van der Waals surface area contributed by atoms with Gasteiger partial charge in [-0.2, -0.15) is 0 Å². The van der Waals surface area contributed by atoms with Crippen molar-refractivity contribution < 1.29 is 4.79 Å². The molecule has 118 valence electrons. The van der Waals surface area contributed by atoms with E-state index in [1.165, 1.54) is 0 Å². The molecule has 0 bridgehead atoms. The van der Waals surface area contributed by atoms with Crippen molar-refractivity contribution in [3.63, 3.8) is 0 Å². The topological polar surface area (TPSA) is 56.0 Å². The number of amides is 1. The summed E-state index contributed by atoms with van der Waals surface area (Å²) >= 11 is 6.81. The Morgan fingerprint density at radius 2 is 1.70 bits per heavy atom. The molecule has 0 radical (unpaired) electrons. The highest BCUT2D eigenvalue weighted by atomic mass is 79.9. The van der Waals surface area contributed by atoms with Crippen LogP contribution in [0.15, 0.2) is 50.1 Å². The molecule has 7 heteroatoms. The molecule has 0 spiro atoms. The van der Waals surface area contributed by atoms with Crippen LogP contribution in [0.2, 0.25) is 0 Å². The fourth-order valence-corrected chi connectivity index (χ4v) is 3.27. The van der Waals surface area contributed by atoms with Crippen LogP contribution in [0.5, 0.6) is 0 Å². The molecule has 23 heavy (non-hydrogen) atoms. The fourth-order valence-electron chi connectivity index (χ4n) is 2.44. The number of rotatable bonds is 2. The maximum absolute atomic E-state index is 12.4. The molecular formula is C16H13Br2N3O2. The molecule has 1 aromatic heterocycles. The third kappa shape index (κ3) is 2.86. The van der Waals surface area contributed by atoms with Gasteiger partial charge in [0.15, 0.2) is 0 Å². The van der Waals surface area contributed by atoms with Gasteiger partial charge in [0.25, 0.3) is 5.91 Å². The van der Waals surface area contributed by atoms with Gasteiger partial charge in [-0.15, -0.1) is 0 Å². The molecule has 1 heterocycles. The molecule has 0 saturated heterocycles. The Bertz CT molecular complexity index is 989. The molecule has 0 aliphatic heterocycles. The number of anilines is 1. The van der Waals surface area contributed by atoms with Crippen LogP contribution in [0, 0.1) is 0 Å². The van der Waals surface area contributed by atoms with E-state index in [2.05, 4.69) is 37.2 Å². The first-order valence-corrected chi connectivity index (χ1v) is 8.39. The van der Waals surface area contributed by atoms with Gasteiger partial charge in [0.05, 0.1) is 16.7 Å². The molecule has 0 atom stereocenters. The minimum absolute atomic E-state index is 0.109. The van der Waals surface area contributed by atoms with Crippen molar-refractivity contribution in [2.45, 2.75) is 0 Å². The summed E-state index contributed by atoms with van der Waals surface area (Å²) in [5.41, 5.74) is 2.61. The zero-order valence-corrected chi connectivity index (χ0v) is 15.6. The first kappa shape index (κ1) is 16.0. The summed E-state index contributed by atoms with van der Waals surface area (Å²) < 4.78 is 4.68. The van der Waals surface area contributed by atoms with Crippen LogP contribution in [0.3, 0.4) is 0 Å². The summed E-state index contributed by atoms with van der Waals surface area (Å²) in [6.45, 7) is 0. The summed E-state index contributed by atoms with van der Waals surface area (Å²) in [6.07, 6.45) is 0. The molecular weight excluding hydrogens is 426 g/mol. The van der Waals surface area contributed by atoms with Gasteiger partial charge in [-0.25, -0.2) is 4.79 Å². The van der Waals surface area contributed by atoms with E-state index in [0.29, 0.717) is 11.3 Å². The second kappa shape index (κ2) is 5.98. The quantitative estimate of drug-likeness (QED) is 0.663. The molecule has 1 amide bonds. The van der Waals surface area contributed by atoms with Crippen LogP contribution in [0.25, 0.3) is 11.0 Å². The van der Waals surface area contributed by atoms with Crippen molar-refractivity contribution in [1.82, 2.24) is 9.13 Å². The minimum atomic E-state index is -0.215. The predicted molar refractivity (Wildman–Crippen MR) is 98.0 cm³/mol. The summed E-state index contributed by atoms with van der Waals surface area (Å²) in [6, 6.07) is 10.8. The number of fused-ring (bicyclic) bond motifs is 1. The van der Waals surface area contributed by atoms with E-state index in [9.17, 15) is 9.59 Å². The Hall–Kier alpha value is -1.86.